The highest BCUT2D eigenvalue weighted by Crippen LogP contribution is 2.32. The molecule has 0 bridgehead atoms. The van der Waals surface area contributed by atoms with Crippen LogP contribution < -0.4 is 11.1 Å². The third kappa shape index (κ3) is 6.09. The molecule has 0 radical (unpaired) electrons. The minimum Gasteiger partial charge on any atom is -0.506 e. The lowest BCUT2D eigenvalue weighted by Crippen LogP contribution is -2.66. The quantitative estimate of drug-likeness (QED) is 0.147. The summed E-state index contributed by atoms with van der Waals surface area (Å²) in [6.45, 7) is 4.44. The molecule has 0 aliphatic carbocycles. The number of hydrazine groups is 1. The first-order valence-electron chi connectivity index (χ1n) is 15.0. The van der Waals surface area contributed by atoms with Gasteiger partial charge in [-0.2, -0.15) is 5.01 Å². The number of nitrogen functional groups attached to an aromatic ring is 1. The fourth-order valence-corrected chi connectivity index (χ4v) is 6.28. The maximum Gasteiger partial charge on any atom is 0.332 e. The summed E-state index contributed by atoms with van der Waals surface area (Å²) in [4.78, 5) is 44.8. The first-order valence-corrected chi connectivity index (χ1v) is 15.0. The predicted molar refractivity (Wildman–Crippen MR) is 172 cm³/mol. The molecule has 4 aromatic rings. The first kappa shape index (κ1) is 30.6. The smallest absolute Gasteiger partial charge is 0.332 e. The van der Waals surface area contributed by atoms with E-state index in [4.69, 9.17) is 5.73 Å². The van der Waals surface area contributed by atoms with Crippen LogP contribution in [0.15, 0.2) is 97.6 Å². The van der Waals surface area contributed by atoms with E-state index in [0.717, 1.165) is 16.3 Å². The zero-order chi connectivity index (χ0) is 32.4. The Morgan fingerprint density at radius 3 is 2.54 bits per heavy atom. The Kier molecular flexibility index (Phi) is 8.58. The number of phenolic OH excluding ortho intramolecular Hbond substituents is 1. The highest BCUT2D eigenvalue weighted by atomic mass is 19.1. The molecule has 2 aliphatic rings. The molecule has 46 heavy (non-hydrogen) atoms. The molecule has 0 aromatic heterocycles. The van der Waals surface area contributed by atoms with Crippen molar-refractivity contribution in [2.45, 2.75) is 31.7 Å². The fraction of sp³-hybridized carbons (Fsp3) is 0.229. The van der Waals surface area contributed by atoms with Gasteiger partial charge in [-0.15, -0.1) is 6.58 Å². The maximum atomic E-state index is 14.2. The van der Waals surface area contributed by atoms with Crippen molar-refractivity contribution in [1.29, 1.82) is 0 Å². The number of benzene rings is 4. The van der Waals surface area contributed by atoms with Crippen LogP contribution in [0, 0.1) is 5.82 Å². The highest BCUT2D eigenvalue weighted by molar-refractivity contribution is 5.92. The summed E-state index contributed by atoms with van der Waals surface area (Å²) in [7, 11) is 0. The number of hydrogen-bond donors (Lipinski definition) is 3. The molecule has 10 nitrogen and oxygen atoms in total. The molecule has 0 saturated carbocycles. The van der Waals surface area contributed by atoms with Gasteiger partial charge in [0, 0.05) is 19.5 Å². The van der Waals surface area contributed by atoms with Crippen LogP contribution in [0.5, 0.6) is 5.75 Å². The molecule has 2 saturated heterocycles. The van der Waals surface area contributed by atoms with Gasteiger partial charge < -0.3 is 26.0 Å². The van der Waals surface area contributed by atoms with E-state index in [0.29, 0.717) is 17.7 Å². The number of urea groups is 1. The molecular formula is C35H35FN6O4. The number of carbonyl (C=O) groups is 3. The number of nitrogens with zero attached hydrogens (tertiary/aromatic N) is 4. The topological polar surface area (TPSA) is 122 Å². The molecule has 11 heteroatoms. The Morgan fingerprint density at radius 1 is 1.04 bits per heavy atom. The molecule has 4 amide bonds. The zero-order valence-corrected chi connectivity index (χ0v) is 25.2. The minimum absolute atomic E-state index is 0.0654. The number of piperazine rings is 1. The van der Waals surface area contributed by atoms with Crippen LogP contribution >= 0.6 is 0 Å². The van der Waals surface area contributed by atoms with Crippen LogP contribution in [0.4, 0.5) is 14.9 Å². The number of anilines is 1. The van der Waals surface area contributed by atoms with Gasteiger partial charge in [-0.1, -0.05) is 66.7 Å². The van der Waals surface area contributed by atoms with E-state index in [1.807, 2.05) is 42.5 Å². The van der Waals surface area contributed by atoms with Crippen LogP contribution in [0.25, 0.3) is 10.8 Å². The summed E-state index contributed by atoms with van der Waals surface area (Å²) < 4.78 is 13.4. The summed E-state index contributed by atoms with van der Waals surface area (Å²) in [6.07, 6.45) is 1.10. The average Bonchev–Trinajstić information content (AvgIpc) is 3.38. The van der Waals surface area contributed by atoms with Crippen molar-refractivity contribution in [1.82, 2.24) is 25.1 Å². The molecular weight excluding hydrogens is 587 g/mol. The number of rotatable bonds is 9. The van der Waals surface area contributed by atoms with Gasteiger partial charge >= 0.3 is 6.03 Å². The number of hydrogen-bond acceptors (Lipinski definition) is 6. The Labute approximate surface area is 266 Å². The number of nitrogens with one attached hydrogen (secondary N) is 1. The highest BCUT2D eigenvalue weighted by Gasteiger charge is 2.52. The van der Waals surface area contributed by atoms with Crippen molar-refractivity contribution >= 4 is 34.3 Å². The number of halogens is 1. The van der Waals surface area contributed by atoms with Gasteiger partial charge in [-0.3, -0.25) is 14.6 Å². The predicted octanol–water partition coefficient (Wildman–Crippen LogP) is 4.00. The summed E-state index contributed by atoms with van der Waals surface area (Å²) in [5, 5.41) is 18.0. The van der Waals surface area contributed by atoms with E-state index >= 15 is 0 Å². The van der Waals surface area contributed by atoms with Crippen molar-refractivity contribution in [2.75, 3.05) is 25.4 Å². The molecule has 2 fully saturated rings. The van der Waals surface area contributed by atoms with Gasteiger partial charge in [-0.25, -0.2) is 9.18 Å². The summed E-state index contributed by atoms with van der Waals surface area (Å²) in [5.41, 5.74) is 8.51. The molecule has 0 spiro atoms. The molecule has 4 aromatic carbocycles. The molecule has 2 aliphatic heterocycles. The number of phenols is 1. The van der Waals surface area contributed by atoms with Gasteiger partial charge in [-0.05, 0) is 51.7 Å². The van der Waals surface area contributed by atoms with Crippen molar-refractivity contribution in [3.63, 3.8) is 0 Å². The van der Waals surface area contributed by atoms with E-state index < -0.39 is 18.2 Å². The Morgan fingerprint density at radius 2 is 1.78 bits per heavy atom. The van der Waals surface area contributed by atoms with E-state index in [-0.39, 0.29) is 61.7 Å². The monoisotopic (exact) mass is 622 g/mol. The molecule has 2 atom stereocenters. The van der Waals surface area contributed by atoms with Gasteiger partial charge in [0.2, 0.25) is 11.8 Å². The zero-order valence-electron chi connectivity index (χ0n) is 25.2. The van der Waals surface area contributed by atoms with Crippen LogP contribution in [0.3, 0.4) is 0 Å². The normalized spacial score (nSPS) is 18.1. The second-order valence-corrected chi connectivity index (χ2v) is 11.5. The molecule has 0 unspecified atom stereocenters. The molecule has 236 valence electrons. The van der Waals surface area contributed by atoms with Crippen molar-refractivity contribution in [3.05, 3.63) is 120 Å². The Balaban J connectivity index is 1.32. The van der Waals surface area contributed by atoms with Crippen molar-refractivity contribution in [3.8, 4) is 5.75 Å². The van der Waals surface area contributed by atoms with Crippen LogP contribution in [-0.2, 0) is 29.1 Å². The summed E-state index contributed by atoms with van der Waals surface area (Å²) in [6, 6.07) is 23.2. The average molecular weight is 623 g/mol. The van der Waals surface area contributed by atoms with Crippen molar-refractivity contribution in [2.24, 2.45) is 0 Å². The lowest BCUT2D eigenvalue weighted by atomic mass is 9.98. The van der Waals surface area contributed by atoms with Gasteiger partial charge in [0.05, 0.1) is 25.3 Å². The van der Waals surface area contributed by atoms with E-state index in [9.17, 15) is 23.9 Å². The number of nitrogens with two attached hydrogens (primary N) is 1. The molecule has 4 N–H and O–H groups in total. The lowest BCUT2D eigenvalue weighted by Gasteiger charge is -2.46. The SMILES string of the molecule is C=CCN(C(=O)NCc1ccc(F)cc1)N1CC(=O)N2[C@@H](Cc3ccc(O)c(N)c3)C(=O)N(Cc3cccc4ccccc34)C[C@@H]21. The van der Waals surface area contributed by atoms with Crippen LogP contribution in [-0.4, -0.2) is 74.6 Å². The second-order valence-electron chi connectivity index (χ2n) is 11.5. The standard InChI is InChI=1S/C35H35FN6O4/c1-2-16-40(35(46)38-19-23-10-13-27(36)14-11-23)41-22-33(44)42-30(18-24-12-15-31(43)29(37)17-24)34(45)39(21-32(41)42)20-26-8-5-7-25-6-3-4-9-28(25)26/h2-15,17,30,32,43H,1,16,18-22,37H2,(H,38,46)/t30-,32+/m0/s1. The fourth-order valence-electron chi connectivity index (χ4n) is 6.28. The Hall–Kier alpha value is -5.42. The summed E-state index contributed by atoms with van der Waals surface area (Å²) in [5.74, 6) is -0.949. The first-order chi connectivity index (χ1) is 22.2. The number of carbonyl (C=O) groups excluding carboxylic acids is 3. The summed E-state index contributed by atoms with van der Waals surface area (Å²) >= 11 is 0. The largest absolute Gasteiger partial charge is 0.506 e. The minimum atomic E-state index is -0.872. The van der Waals surface area contributed by atoms with Crippen molar-refractivity contribution < 1.29 is 23.9 Å². The number of amides is 4. The van der Waals surface area contributed by atoms with Gasteiger partial charge in [0.15, 0.2) is 0 Å². The second kappa shape index (κ2) is 12.9. The molecule has 2 heterocycles. The van der Waals surface area contributed by atoms with E-state index in [2.05, 4.69) is 11.9 Å². The molecule has 6 rings (SSSR count). The van der Waals surface area contributed by atoms with E-state index in [1.54, 1.807) is 45.2 Å². The third-order valence-electron chi connectivity index (χ3n) is 8.53. The van der Waals surface area contributed by atoms with Gasteiger partial charge in [0.1, 0.15) is 23.8 Å². The van der Waals surface area contributed by atoms with Crippen LogP contribution in [0.1, 0.15) is 16.7 Å². The van der Waals surface area contributed by atoms with E-state index in [1.165, 1.54) is 23.2 Å². The van der Waals surface area contributed by atoms with Crippen LogP contribution in [0.2, 0.25) is 0 Å². The number of aromatic hydroxyl groups is 1. The number of fused-ring (bicyclic) bond motifs is 2. The Bertz CT molecular complexity index is 1790. The third-order valence-corrected chi connectivity index (χ3v) is 8.53. The lowest BCUT2D eigenvalue weighted by molar-refractivity contribution is -0.157. The van der Waals surface area contributed by atoms with Gasteiger partial charge in [0.25, 0.3) is 0 Å². The maximum absolute atomic E-state index is 14.2.